The van der Waals surface area contributed by atoms with Gasteiger partial charge in [-0.05, 0) is 32.4 Å². The van der Waals surface area contributed by atoms with Crippen molar-refractivity contribution in [2.75, 3.05) is 6.54 Å². The molecule has 0 aliphatic carbocycles. The second-order valence-corrected chi connectivity index (χ2v) is 5.22. The Balaban J connectivity index is 2.19. The van der Waals surface area contributed by atoms with E-state index < -0.39 is 5.54 Å². The maximum absolute atomic E-state index is 12.5. The molecule has 2 rings (SSSR count). The zero-order valence-electron chi connectivity index (χ0n) is 11.7. The Bertz CT molecular complexity index is 495. The molecule has 1 unspecified atom stereocenters. The van der Waals surface area contributed by atoms with Crippen molar-refractivity contribution < 1.29 is 14.0 Å². The molecule has 0 radical (unpaired) electrons. The van der Waals surface area contributed by atoms with Gasteiger partial charge in [-0.25, -0.2) is 0 Å². The van der Waals surface area contributed by atoms with Crippen molar-refractivity contribution in [2.45, 2.75) is 45.7 Å². The number of nitrogens with zero attached hydrogens (tertiary/aromatic N) is 1. The molecule has 1 aliphatic heterocycles. The Morgan fingerprint density at radius 2 is 2.16 bits per heavy atom. The molecule has 1 aromatic heterocycles. The summed E-state index contributed by atoms with van der Waals surface area (Å²) in [5.74, 6) is 1.45. The third-order valence-corrected chi connectivity index (χ3v) is 3.63. The van der Waals surface area contributed by atoms with Crippen LogP contribution < -0.4 is 5.32 Å². The zero-order valence-corrected chi connectivity index (χ0v) is 11.7. The van der Waals surface area contributed by atoms with Gasteiger partial charge in [-0.1, -0.05) is 6.92 Å². The normalized spacial score (nSPS) is 24.3. The molecule has 5 nitrogen and oxygen atoms in total. The summed E-state index contributed by atoms with van der Waals surface area (Å²) in [5.41, 5.74) is -0.810. The molecule has 1 N–H and O–H groups in total. The SMILES string of the molecule is CCC1(C)NC(=O)CCN(Cc2ccc(C)o2)C1=O. The van der Waals surface area contributed by atoms with Crippen molar-refractivity contribution >= 4 is 11.8 Å². The topological polar surface area (TPSA) is 62.6 Å². The smallest absolute Gasteiger partial charge is 0.248 e. The van der Waals surface area contributed by atoms with E-state index in [0.29, 0.717) is 25.9 Å². The summed E-state index contributed by atoms with van der Waals surface area (Å²) < 4.78 is 5.50. The van der Waals surface area contributed by atoms with E-state index in [1.807, 2.05) is 26.0 Å². The molecular weight excluding hydrogens is 244 g/mol. The van der Waals surface area contributed by atoms with E-state index in [9.17, 15) is 9.59 Å². The van der Waals surface area contributed by atoms with Crippen LogP contribution in [0.2, 0.25) is 0 Å². The Kier molecular flexibility index (Phi) is 3.64. The fourth-order valence-electron chi connectivity index (χ4n) is 2.26. The van der Waals surface area contributed by atoms with E-state index in [1.54, 1.807) is 11.8 Å². The molecule has 2 amide bonds. The van der Waals surface area contributed by atoms with Crippen molar-refractivity contribution in [3.8, 4) is 0 Å². The molecule has 104 valence electrons. The van der Waals surface area contributed by atoms with E-state index in [1.165, 1.54) is 0 Å². The Morgan fingerprint density at radius 3 is 2.74 bits per heavy atom. The van der Waals surface area contributed by atoms with Gasteiger partial charge in [0.2, 0.25) is 11.8 Å². The fraction of sp³-hybridized carbons (Fsp3) is 0.571. The second kappa shape index (κ2) is 5.07. The average molecular weight is 264 g/mol. The number of rotatable bonds is 3. The summed E-state index contributed by atoms with van der Waals surface area (Å²) in [6.45, 7) is 6.39. The Hall–Kier alpha value is -1.78. The van der Waals surface area contributed by atoms with Crippen molar-refractivity contribution in [3.63, 3.8) is 0 Å². The standard InChI is InChI=1S/C14H20N2O3/c1-4-14(3)13(18)16(8-7-12(17)15-14)9-11-6-5-10(2)19-11/h5-6H,4,7-9H2,1-3H3,(H,15,17). The molecule has 0 spiro atoms. The van der Waals surface area contributed by atoms with Crippen LogP contribution in [-0.2, 0) is 16.1 Å². The number of furan rings is 1. The first-order valence-electron chi connectivity index (χ1n) is 6.60. The van der Waals surface area contributed by atoms with Gasteiger partial charge in [-0.2, -0.15) is 0 Å². The Labute approximate surface area is 113 Å². The lowest BCUT2D eigenvalue weighted by Gasteiger charge is -2.30. The first kappa shape index (κ1) is 13.6. The molecule has 0 bridgehead atoms. The molecule has 0 saturated carbocycles. The molecular formula is C14H20N2O3. The number of hydrogen-bond donors (Lipinski definition) is 1. The minimum Gasteiger partial charge on any atom is -0.464 e. The van der Waals surface area contributed by atoms with Crippen molar-refractivity contribution in [1.82, 2.24) is 10.2 Å². The number of aryl methyl sites for hydroxylation is 1. The van der Waals surface area contributed by atoms with Gasteiger partial charge in [0, 0.05) is 13.0 Å². The van der Waals surface area contributed by atoms with Crippen molar-refractivity contribution in [2.24, 2.45) is 0 Å². The van der Waals surface area contributed by atoms with Crippen LogP contribution in [0.25, 0.3) is 0 Å². The van der Waals surface area contributed by atoms with Crippen molar-refractivity contribution in [1.29, 1.82) is 0 Å². The third-order valence-electron chi connectivity index (χ3n) is 3.63. The third kappa shape index (κ3) is 2.80. The number of carbonyl (C=O) groups is 2. The molecule has 1 saturated heterocycles. The number of amides is 2. The molecule has 19 heavy (non-hydrogen) atoms. The van der Waals surface area contributed by atoms with Crippen LogP contribution in [0.5, 0.6) is 0 Å². The molecule has 1 aliphatic rings. The van der Waals surface area contributed by atoms with Crippen LogP contribution in [0.4, 0.5) is 0 Å². The first-order chi connectivity index (χ1) is 8.94. The summed E-state index contributed by atoms with van der Waals surface area (Å²) in [6.07, 6.45) is 0.909. The highest BCUT2D eigenvalue weighted by Crippen LogP contribution is 2.20. The molecule has 1 atom stereocenters. The summed E-state index contributed by atoms with van der Waals surface area (Å²) in [6, 6.07) is 3.74. The fourth-order valence-corrected chi connectivity index (χ4v) is 2.26. The van der Waals surface area contributed by atoms with E-state index in [4.69, 9.17) is 4.42 Å². The highest BCUT2D eigenvalue weighted by molar-refractivity contribution is 5.93. The highest BCUT2D eigenvalue weighted by Gasteiger charge is 2.39. The monoisotopic (exact) mass is 264 g/mol. The van der Waals surface area contributed by atoms with Gasteiger partial charge in [0.15, 0.2) is 0 Å². The van der Waals surface area contributed by atoms with Crippen molar-refractivity contribution in [3.05, 3.63) is 23.7 Å². The lowest BCUT2D eigenvalue weighted by atomic mass is 9.97. The van der Waals surface area contributed by atoms with Crippen LogP contribution in [0.1, 0.15) is 38.2 Å². The van der Waals surface area contributed by atoms with E-state index in [0.717, 1.165) is 11.5 Å². The van der Waals surface area contributed by atoms with Gasteiger partial charge in [0.05, 0.1) is 6.54 Å². The first-order valence-corrected chi connectivity index (χ1v) is 6.60. The number of nitrogens with one attached hydrogen (secondary N) is 1. The quantitative estimate of drug-likeness (QED) is 0.902. The average Bonchev–Trinajstić information content (AvgIpc) is 2.74. The molecule has 1 aromatic rings. The van der Waals surface area contributed by atoms with Gasteiger partial charge in [0.1, 0.15) is 17.1 Å². The summed E-state index contributed by atoms with van der Waals surface area (Å²) in [7, 11) is 0. The maximum atomic E-state index is 12.5. The minimum absolute atomic E-state index is 0.0464. The van der Waals surface area contributed by atoms with Gasteiger partial charge >= 0.3 is 0 Å². The van der Waals surface area contributed by atoms with Gasteiger partial charge in [0.25, 0.3) is 0 Å². The molecule has 1 fully saturated rings. The van der Waals surface area contributed by atoms with Gasteiger partial charge in [-0.15, -0.1) is 0 Å². The van der Waals surface area contributed by atoms with Gasteiger partial charge < -0.3 is 14.6 Å². The van der Waals surface area contributed by atoms with E-state index >= 15 is 0 Å². The van der Waals surface area contributed by atoms with Crippen LogP contribution in [0.3, 0.4) is 0 Å². The molecule has 2 heterocycles. The van der Waals surface area contributed by atoms with Crippen LogP contribution >= 0.6 is 0 Å². The van der Waals surface area contributed by atoms with Crippen LogP contribution in [-0.4, -0.2) is 28.8 Å². The summed E-state index contributed by atoms with van der Waals surface area (Å²) in [4.78, 5) is 25.9. The maximum Gasteiger partial charge on any atom is 0.248 e. The lowest BCUT2D eigenvalue weighted by molar-refractivity contribution is -0.139. The Morgan fingerprint density at radius 1 is 1.42 bits per heavy atom. The van der Waals surface area contributed by atoms with Gasteiger partial charge in [-0.3, -0.25) is 9.59 Å². The number of hydrogen-bond acceptors (Lipinski definition) is 3. The van der Waals surface area contributed by atoms with E-state index in [2.05, 4.69) is 5.32 Å². The summed E-state index contributed by atoms with van der Waals surface area (Å²) in [5, 5.41) is 2.81. The zero-order chi connectivity index (χ0) is 14.0. The van der Waals surface area contributed by atoms with Crippen LogP contribution in [0.15, 0.2) is 16.5 Å². The largest absolute Gasteiger partial charge is 0.464 e. The lowest BCUT2D eigenvalue weighted by Crippen LogP contribution is -2.54. The van der Waals surface area contributed by atoms with E-state index in [-0.39, 0.29) is 11.8 Å². The molecule has 5 heteroatoms. The highest BCUT2D eigenvalue weighted by atomic mass is 16.3. The van der Waals surface area contributed by atoms with Crippen LogP contribution in [0, 0.1) is 6.92 Å². The molecule has 0 aromatic carbocycles. The summed E-state index contributed by atoms with van der Waals surface area (Å²) >= 11 is 0. The predicted molar refractivity (Wildman–Crippen MR) is 70.3 cm³/mol. The predicted octanol–water partition coefficient (Wildman–Crippen LogP) is 1.61. The number of carbonyl (C=O) groups excluding carboxylic acids is 2. The minimum atomic E-state index is -0.810. The second-order valence-electron chi connectivity index (χ2n) is 5.22.